The van der Waals surface area contributed by atoms with E-state index in [2.05, 4.69) is 0 Å². The molecule has 108 valence electrons. The minimum absolute atomic E-state index is 0.0459. The van der Waals surface area contributed by atoms with Gasteiger partial charge >= 0.3 is 5.97 Å². The van der Waals surface area contributed by atoms with Crippen molar-refractivity contribution in [2.24, 2.45) is 5.92 Å². The average Bonchev–Trinajstić information content (AvgIpc) is 2.90. The van der Waals surface area contributed by atoms with Crippen molar-refractivity contribution >= 4 is 11.9 Å². The van der Waals surface area contributed by atoms with E-state index in [1.807, 2.05) is 38.1 Å². The molecule has 1 aliphatic heterocycles. The van der Waals surface area contributed by atoms with Crippen LogP contribution in [0.1, 0.15) is 30.9 Å². The van der Waals surface area contributed by atoms with Gasteiger partial charge in [-0.25, -0.2) is 4.79 Å². The molecule has 0 radical (unpaired) electrons. The number of carboxylic acid groups (broad SMARTS) is 1. The third kappa shape index (κ3) is 3.18. The predicted molar refractivity (Wildman–Crippen MR) is 76.4 cm³/mol. The van der Waals surface area contributed by atoms with E-state index in [0.29, 0.717) is 19.4 Å². The number of rotatable bonds is 4. The Morgan fingerprint density at radius 2 is 2.00 bits per heavy atom. The Kier molecular flexibility index (Phi) is 4.42. The Balaban J connectivity index is 2.01. The smallest absolute Gasteiger partial charge is 0.326 e. The van der Waals surface area contributed by atoms with Crippen LogP contribution in [0, 0.1) is 12.8 Å². The number of carbonyl (C=O) groups excluding carboxylic acids is 1. The van der Waals surface area contributed by atoms with Gasteiger partial charge in [-0.1, -0.05) is 36.8 Å². The molecule has 1 fully saturated rings. The molecule has 1 N–H and O–H groups in total. The number of hydrogen-bond donors (Lipinski definition) is 1. The van der Waals surface area contributed by atoms with E-state index >= 15 is 0 Å². The van der Waals surface area contributed by atoms with Crippen LogP contribution in [0.4, 0.5) is 0 Å². The van der Waals surface area contributed by atoms with Crippen LogP contribution < -0.4 is 0 Å². The summed E-state index contributed by atoms with van der Waals surface area (Å²) in [6, 6.07) is 7.48. The van der Waals surface area contributed by atoms with Gasteiger partial charge < -0.3 is 10.0 Å². The minimum Gasteiger partial charge on any atom is -0.480 e. The molecular weight excluding hydrogens is 254 g/mol. The van der Waals surface area contributed by atoms with Gasteiger partial charge in [0.1, 0.15) is 6.04 Å². The summed E-state index contributed by atoms with van der Waals surface area (Å²) < 4.78 is 0. The van der Waals surface area contributed by atoms with Gasteiger partial charge in [-0.05, 0) is 31.7 Å². The van der Waals surface area contributed by atoms with Crippen molar-refractivity contribution < 1.29 is 14.7 Å². The number of aliphatic carboxylic acids is 1. The summed E-state index contributed by atoms with van der Waals surface area (Å²) in [7, 11) is 0. The standard InChI is InChI=1S/C16H21NO3/c1-11-5-7-13(8-6-11)10-12(2)15(18)17-9-3-4-14(17)16(19)20/h5-8,12,14H,3-4,9-10H2,1-2H3,(H,19,20). The first-order valence-electron chi connectivity index (χ1n) is 7.08. The van der Waals surface area contributed by atoms with Crippen LogP contribution >= 0.6 is 0 Å². The summed E-state index contributed by atoms with van der Waals surface area (Å²) in [5, 5.41) is 9.14. The predicted octanol–water partition coefficient (Wildman–Crippen LogP) is 2.25. The van der Waals surface area contributed by atoms with Crippen molar-refractivity contribution in [3.8, 4) is 0 Å². The van der Waals surface area contributed by atoms with Crippen LogP contribution in [0.15, 0.2) is 24.3 Å². The van der Waals surface area contributed by atoms with Gasteiger partial charge in [-0.3, -0.25) is 4.79 Å². The molecule has 0 aromatic heterocycles. The molecule has 0 saturated carbocycles. The molecule has 2 unspecified atom stereocenters. The largest absolute Gasteiger partial charge is 0.480 e. The van der Waals surface area contributed by atoms with Gasteiger partial charge in [0.25, 0.3) is 0 Å². The second-order valence-electron chi connectivity index (χ2n) is 5.62. The van der Waals surface area contributed by atoms with Crippen molar-refractivity contribution in [2.75, 3.05) is 6.54 Å². The molecule has 0 bridgehead atoms. The molecule has 1 aliphatic rings. The lowest BCUT2D eigenvalue weighted by molar-refractivity contribution is -0.149. The average molecular weight is 275 g/mol. The molecule has 1 amide bonds. The highest BCUT2D eigenvalue weighted by Crippen LogP contribution is 2.21. The lowest BCUT2D eigenvalue weighted by Gasteiger charge is -2.25. The zero-order chi connectivity index (χ0) is 14.7. The van der Waals surface area contributed by atoms with Gasteiger partial charge in [0, 0.05) is 12.5 Å². The molecule has 4 heteroatoms. The number of aryl methyl sites for hydroxylation is 1. The molecule has 1 aromatic rings. The maximum absolute atomic E-state index is 12.4. The first-order chi connectivity index (χ1) is 9.49. The summed E-state index contributed by atoms with van der Waals surface area (Å²) in [6.45, 7) is 4.47. The fourth-order valence-electron chi connectivity index (χ4n) is 2.74. The van der Waals surface area contributed by atoms with Crippen LogP contribution in [0.5, 0.6) is 0 Å². The first kappa shape index (κ1) is 14.6. The van der Waals surface area contributed by atoms with Gasteiger partial charge in [0.15, 0.2) is 0 Å². The second-order valence-corrected chi connectivity index (χ2v) is 5.62. The van der Waals surface area contributed by atoms with E-state index in [1.165, 1.54) is 10.5 Å². The molecule has 2 rings (SSSR count). The van der Waals surface area contributed by atoms with Crippen LogP contribution in [0.3, 0.4) is 0 Å². The molecule has 1 aromatic carbocycles. The van der Waals surface area contributed by atoms with E-state index in [9.17, 15) is 9.59 Å². The Hall–Kier alpha value is -1.84. The number of likely N-dealkylation sites (tertiary alicyclic amines) is 1. The van der Waals surface area contributed by atoms with E-state index in [0.717, 1.165) is 12.0 Å². The summed E-state index contributed by atoms with van der Waals surface area (Å²) in [5.41, 5.74) is 2.31. The Morgan fingerprint density at radius 3 is 2.60 bits per heavy atom. The third-order valence-corrected chi connectivity index (χ3v) is 3.91. The van der Waals surface area contributed by atoms with Crippen LogP contribution in [0.2, 0.25) is 0 Å². The molecule has 4 nitrogen and oxygen atoms in total. The van der Waals surface area contributed by atoms with Gasteiger partial charge in [-0.15, -0.1) is 0 Å². The molecule has 1 saturated heterocycles. The van der Waals surface area contributed by atoms with Crippen molar-refractivity contribution in [3.63, 3.8) is 0 Å². The normalized spacial score (nSPS) is 19.9. The van der Waals surface area contributed by atoms with Crippen molar-refractivity contribution in [2.45, 2.75) is 39.2 Å². The molecule has 1 heterocycles. The minimum atomic E-state index is -0.890. The summed E-state index contributed by atoms with van der Waals surface area (Å²) >= 11 is 0. The highest BCUT2D eigenvalue weighted by atomic mass is 16.4. The fourth-order valence-corrected chi connectivity index (χ4v) is 2.74. The van der Waals surface area contributed by atoms with Gasteiger partial charge in [0.2, 0.25) is 5.91 Å². The number of carbonyl (C=O) groups is 2. The molecular formula is C16H21NO3. The zero-order valence-electron chi connectivity index (χ0n) is 12.0. The van der Waals surface area contributed by atoms with E-state index in [4.69, 9.17) is 5.11 Å². The second kappa shape index (κ2) is 6.07. The summed E-state index contributed by atoms with van der Waals surface area (Å²) in [4.78, 5) is 25.1. The highest BCUT2D eigenvalue weighted by molar-refractivity contribution is 5.85. The molecule has 20 heavy (non-hydrogen) atoms. The topological polar surface area (TPSA) is 57.6 Å². The number of amides is 1. The van der Waals surface area contributed by atoms with Crippen LogP contribution in [0.25, 0.3) is 0 Å². The molecule has 0 spiro atoms. The van der Waals surface area contributed by atoms with Crippen molar-refractivity contribution in [3.05, 3.63) is 35.4 Å². The molecule has 2 atom stereocenters. The fraction of sp³-hybridized carbons (Fsp3) is 0.500. The van der Waals surface area contributed by atoms with Gasteiger partial charge in [0.05, 0.1) is 0 Å². The Morgan fingerprint density at radius 1 is 1.35 bits per heavy atom. The lowest BCUT2D eigenvalue weighted by Crippen LogP contribution is -2.43. The van der Waals surface area contributed by atoms with E-state index < -0.39 is 12.0 Å². The number of nitrogens with zero attached hydrogens (tertiary/aromatic N) is 1. The van der Waals surface area contributed by atoms with Crippen molar-refractivity contribution in [1.82, 2.24) is 4.90 Å². The highest BCUT2D eigenvalue weighted by Gasteiger charge is 2.35. The molecule has 0 aliphatic carbocycles. The number of carboxylic acids is 1. The SMILES string of the molecule is Cc1ccc(CC(C)C(=O)N2CCCC2C(=O)O)cc1. The monoisotopic (exact) mass is 275 g/mol. The van der Waals surface area contributed by atoms with E-state index in [1.54, 1.807) is 0 Å². The van der Waals surface area contributed by atoms with E-state index in [-0.39, 0.29) is 11.8 Å². The van der Waals surface area contributed by atoms with Gasteiger partial charge in [-0.2, -0.15) is 0 Å². The maximum Gasteiger partial charge on any atom is 0.326 e. The maximum atomic E-state index is 12.4. The van der Waals surface area contributed by atoms with Crippen LogP contribution in [-0.4, -0.2) is 34.5 Å². The number of benzene rings is 1. The zero-order valence-corrected chi connectivity index (χ0v) is 12.0. The Labute approximate surface area is 119 Å². The third-order valence-electron chi connectivity index (χ3n) is 3.91. The Bertz CT molecular complexity index is 495. The quantitative estimate of drug-likeness (QED) is 0.917. The van der Waals surface area contributed by atoms with Crippen molar-refractivity contribution in [1.29, 1.82) is 0 Å². The number of hydrogen-bond acceptors (Lipinski definition) is 2. The summed E-state index contributed by atoms with van der Waals surface area (Å²) in [5.74, 6) is -1.12. The first-order valence-corrected chi connectivity index (χ1v) is 7.08. The van der Waals surface area contributed by atoms with Crippen LogP contribution in [-0.2, 0) is 16.0 Å². The summed E-state index contributed by atoms with van der Waals surface area (Å²) in [6.07, 6.45) is 2.00. The lowest BCUT2D eigenvalue weighted by atomic mass is 9.98.